The minimum atomic E-state index is 0.963. The van der Waals surface area contributed by atoms with Crippen molar-refractivity contribution in [2.75, 3.05) is 5.32 Å². The third-order valence-corrected chi connectivity index (χ3v) is 4.82. The maximum absolute atomic E-state index is 5.02. The molecular formula is C25H18N2. The molecular weight excluding hydrogens is 328 g/mol. The number of aliphatic imine (C=N–C) groups is 1. The lowest BCUT2D eigenvalue weighted by Gasteiger charge is -2.12. The second-order valence-corrected chi connectivity index (χ2v) is 6.56. The second kappa shape index (κ2) is 6.58. The van der Waals surface area contributed by atoms with Crippen LogP contribution >= 0.6 is 0 Å². The molecule has 0 unspecified atom stereocenters. The van der Waals surface area contributed by atoms with Crippen molar-refractivity contribution in [3.05, 3.63) is 114 Å². The van der Waals surface area contributed by atoms with E-state index in [0.29, 0.717) is 0 Å². The number of nitrogens with one attached hydrogen (secondary N) is 1. The molecule has 1 aliphatic carbocycles. The van der Waals surface area contributed by atoms with Crippen LogP contribution in [0.25, 0.3) is 11.1 Å². The van der Waals surface area contributed by atoms with Crippen LogP contribution in [0.3, 0.4) is 0 Å². The molecule has 1 N–H and O–H groups in total. The molecule has 0 fully saturated rings. The lowest BCUT2D eigenvalue weighted by Crippen LogP contribution is -2.02. The van der Waals surface area contributed by atoms with E-state index in [1.807, 2.05) is 48.5 Å². The van der Waals surface area contributed by atoms with E-state index < -0.39 is 0 Å². The molecule has 2 nitrogen and oxygen atoms in total. The Kier molecular flexibility index (Phi) is 3.80. The van der Waals surface area contributed by atoms with Crippen molar-refractivity contribution in [3.8, 4) is 11.1 Å². The molecule has 0 heterocycles. The molecule has 0 atom stereocenters. The normalized spacial score (nSPS) is 13.3. The number of hydrogen-bond acceptors (Lipinski definition) is 2. The average Bonchev–Trinajstić information content (AvgIpc) is 3.05. The number of nitrogens with zero attached hydrogens (tertiary/aromatic N) is 1. The summed E-state index contributed by atoms with van der Waals surface area (Å²) in [5, 5.41) is 3.57. The van der Waals surface area contributed by atoms with Gasteiger partial charge in [-0.05, 0) is 41.5 Å². The van der Waals surface area contributed by atoms with E-state index in [1.54, 1.807) is 0 Å². The summed E-state index contributed by atoms with van der Waals surface area (Å²) in [5.41, 5.74) is 8.92. The van der Waals surface area contributed by atoms with Gasteiger partial charge in [-0.3, -0.25) is 0 Å². The van der Waals surface area contributed by atoms with Crippen molar-refractivity contribution in [1.82, 2.24) is 0 Å². The zero-order chi connectivity index (χ0) is 18.1. The SMILES string of the molecule is c1ccc(N=C2c3ccccc3-c3cccc(Nc4ccccc4)c32)cc1. The molecule has 4 aromatic carbocycles. The standard InChI is InChI=1S/C25H18N2/c1-3-10-18(11-4-1)26-23-17-9-16-21-20-14-7-8-15-22(20)25(24(21)23)27-19-12-5-2-6-13-19/h1-17,26H. The molecule has 0 aromatic heterocycles. The number of rotatable bonds is 3. The van der Waals surface area contributed by atoms with Gasteiger partial charge in [-0.2, -0.15) is 0 Å². The third kappa shape index (κ3) is 2.81. The van der Waals surface area contributed by atoms with Gasteiger partial charge >= 0.3 is 0 Å². The molecule has 27 heavy (non-hydrogen) atoms. The van der Waals surface area contributed by atoms with E-state index in [0.717, 1.165) is 28.3 Å². The summed E-state index contributed by atoms with van der Waals surface area (Å²) in [6.07, 6.45) is 0. The lowest BCUT2D eigenvalue weighted by molar-refractivity contribution is 1.49. The molecule has 2 heteroatoms. The van der Waals surface area contributed by atoms with Crippen molar-refractivity contribution < 1.29 is 0 Å². The molecule has 0 saturated heterocycles. The Balaban J connectivity index is 1.71. The third-order valence-electron chi connectivity index (χ3n) is 4.82. The largest absolute Gasteiger partial charge is 0.355 e. The fraction of sp³-hybridized carbons (Fsp3) is 0. The number of benzene rings is 4. The van der Waals surface area contributed by atoms with Gasteiger partial charge in [0.2, 0.25) is 0 Å². The van der Waals surface area contributed by atoms with Crippen molar-refractivity contribution in [2.24, 2.45) is 4.99 Å². The maximum Gasteiger partial charge on any atom is 0.0814 e. The van der Waals surface area contributed by atoms with Crippen LogP contribution in [0, 0.1) is 0 Å². The Morgan fingerprint density at radius 2 is 1.15 bits per heavy atom. The Morgan fingerprint density at radius 1 is 0.519 bits per heavy atom. The van der Waals surface area contributed by atoms with Gasteiger partial charge in [-0.25, -0.2) is 4.99 Å². The van der Waals surface area contributed by atoms with Crippen molar-refractivity contribution in [2.45, 2.75) is 0 Å². The van der Waals surface area contributed by atoms with E-state index in [4.69, 9.17) is 4.99 Å². The summed E-state index contributed by atoms with van der Waals surface area (Å²) in [5.74, 6) is 0. The highest BCUT2D eigenvalue weighted by molar-refractivity contribution is 6.27. The summed E-state index contributed by atoms with van der Waals surface area (Å²) in [6, 6.07) is 35.3. The van der Waals surface area contributed by atoms with E-state index in [9.17, 15) is 0 Å². The van der Waals surface area contributed by atoms with Crippen LogP contribution in [0.2, 0.25) is 0 Å². The molecule has 0 amide bonds. The van der Waals surface area contributed by atoms with E-state index in [-0.39, 0.29) is 0 Å². The van der Waals surface area contributed by atoms with Crippen LogP contribution in [0.5, 0.6) is 0 Å². The quantitative estimate of drug-likeness (QED) is 0.392. The van der Waals surface area contributed by atoms with Gasteiger partial charge < -0.3 is 5.32 Å². The lowest BCUT2D eigenvalue weighted by atomic mass is 10.0. The molecule has 0 aliphatic heterocycles. The van der Waals surface area contributed by atoms with Crippen LogP contribution in [-0.4, -0.2) is 5.71 Å². The molecule has 0 bridgehead atoms. The Labute approximate surface area is 158 Å². The summed E-state index contributed by atoms with van der Waals surface area (Å²) >= 11 is 0. The number of para-hydroxylation sites is 2. The topological polar surface area (TPSA) is 24.4 Å². The van der Waals surface area contributed by atoms with Crippen LogP contribution in [0.4, 0.5) is 17.1 Å². The number of anilines is 2. The molecule has 0 saturated carbocycles. The van der Waals surface area contributed by atoms with E-state index >= 15 is 0 Å². The Bertz CT molecular complexity index is 1130. The summed E-state index contributed by atoms with van der Waals surface area (Å²) in [7, 11) is 0. The minimum Gasteiger partial charge on any atom is -0.355 e. The van der Waals surface area contributed by atoms with Crippen molar-refractivity contribution in [3.63, 3.8) is 0 Å². The molecule has 128 valence electrons. The molecule has 4 aromatic rings. The van der Waals surface area contributed by atoms with Crippen LogP contribution < -0.4 is 5.32 Å². The van der Waals surface area contributed by atoms with Gasteiger partial charge in [0.25, 0.3) is 0 Å². The van der Waals surface area contributed by atoms with Gasteiger partial charge in [-0.1, -0.05) is 72.8 Å². The van der Waals surface area contributed by atoms with Gasteiger partial charge in [0, 0.05) is 22.5 Å². The first-order valence-electron chi connectivity index (χ1n) is 9.09. The van der Waals surface area contributed by atoms with Crippen molar-refractivity contribution in [1.29, 1.82) is 0 Å². The highest BCUT2D eigenvalue weighted by Crippen LogP contribution is 2.42. The van der Waals surface area contributed by atoms with Crippen LogP contribution in [0.15, 0.2) is 108 Å². The number of hydrogen-bond donors (Lipinski definition) is 1. The average molecular weight is 346 g/mol. The Hall–Kier alpha value is -3.65. The summed E-state index contributed by atoms with van der Waals surface area (Å²) in [6.45, 7) is 0. The molecule has 5 rings (SSSR count). The van der Waals surface area contributed by atoms with Gasteiger partial charge in [0.05, 0.1) is 11.4 Å². The van der Waals surface area contributed by atoms with Crippen LogP contribution in [0.1, 0.15) is 11.1 Å². The van der Waals surface area contributed by atoms with Crippen LogP contribution in [-0.2, 0) is 0 Å². The van der Waals surface area contributed by atoms with Gasteiger partial charge in [-0.15, -0.1) is 0 Å². The second-order valence-electron chi connectivity index (χ2n) is 6.56. The van der Waals surface area contributed by atoms with Gasteiger partial charge in [0.15, 0.2) is 0 Å². The predicted octanol–water partition coefficient (Wildman–Crippen LogP) is 6.58. The first kappa shape index (κ1) is 15.6. The first-order chi connectivity index (χ1) is 13.4. The fourth-order valence-electron chi connectivity index (χ4n) is 3.62. The molecule has 0 radical (unpaired) electrons. The summed E-state index contributed by atoms with van der Waals surface area (Å²) in [4.78, 5) is 5.02. The fourth-order valence-corrected chi connectivity index (χ4v) is 3.62. The van der Waals surface area contributed by atoms with E-state index in [2.05, 4.69) is 59.9 Å². The van der Waals surface area contributed by atoms with E-state index in [1.165, 1.54) is 16.7 Å². The molecule has 1 aliphatic rings. The van der Waals surface area contributed by atoms with Gasteiger partial charge in [0.1, 0.15) is 0 Å². The van der Waals surface area contributed by atoms with Crippen molar-refractivity contribution >= 4 is 22.8 Å². The summed E-state index contributed by atoms with van der Waals surface area (Å²) < 4.78 is 0. The maximum atomic E-state index is 5.02. The minimum absolute atomic E-state index is 0.963. The highest BCUT2D eigenvalue weighted by atomic mass is 14.9. The first-order valence-corrected chi connectivity index (χ1v) is 9.09. The number of fused-ring (bicyclic) bond motifs is 3. The zero-order valence-electron chi connectivity index (χ0n) is 14.8. The zero-order valence-corrected chi connectivity index (χ0v) is 14.8. The monoisotopic (exact) mass is 346 g/mol. The predicted molar refractivity (Wildman–Crippen MR) is 113 cm³/mol. The highest BCUT2D eigenvalue weighted by Gasteiger charge is 2.27. The Morgan fingerprint density at radius 3 is 1.93 bits per heavy atom. The molecule has 0 spiro atoms. The smallest absolute Gasteiger partial charge is 0.0814 e.